The van der Waals surface area contributed by atoms with E-state index in [4.69, 9.17) is 9.47 Å². The molecule has 0 aliphatic carbocycles. The maximum Gasteiger partial charge on any atom is 0.344 e. The molecule has 1 aromatic rings. The second kappa shape index (κ2) is 8.53. The van der Waals surface area contributed by atoms with Gasteiger partial charge in [0.05, 0.1) is 13.1 Å². The number of quaternary nitrogens is 1. The van der Waals surface area contributed by atoms with E-state index in [-0.39, 0.29) is 18.7 Å². The van der Waals surface area contributed by atoms with Crippen LogP contribution >= 0.6 is 0 Å². The standard InChI is InChI=1S/C15H23NO3/c1-4-16(5-2)11-13(3)19-15(17)12-18-14-9-7-6-8-10-14/h6-10,13H,4-5,11-12H2,1-3H3/p+1/t13-/m1/s1. The second-order valence-corrected chi connectivity index (χ2v) is 4.56. The molecule has 0 bridgehead atoms. The number of likely N-dealkylation sites (N-methyl/N-ethyl adjacent to an activating group) is 1. The molecule has 0 radical (unpaired) electrons. The molecule has 1 aromatic carbocycles. The van der Waals surface area contributed by atoms with Crippen LogP contribution in [0.2, 0.25) is 0 Å². The average Bonchev–Trinajstić information content (AvgIpc) is 2.43. The van der Waals surface area contributed by atoms with E-state index >= 15 is 0 Å². The van der Waals surface area contributed by atoms with Crippen LogP contribution in [0.5, 0.6) is 5.75 Å². The quantitative estimate of drug-likeness (QED) is 0.711. The number of esters is 1. The molecule has 0 saturated carbocycles. The van der Waals surface area contributed by atoms with Gasteiger partial charge >= 0.3 is 5.97 Å². The van der Waals surface area contributed by atoms with Gasteiger partial charge in [0, 0.05) is 0 Å². The predicted octanol–water partition coefficient (Wildman–Crippen LogP) is 0.922. The monoisotopic (exact) mass is 266 g/mol. The van der Waals surface area contributed by atoms with E-state index in [0.29, 0.717) is 5.75 Å². The lowest BCUT2D eigenvalue weighted by atomic mass is 10.3. The molecule has 0 heterocycles. The van der Waals surface area contributed by atoms with Crippen molar-refractivity contribution in [2.24, 2.45) is 0 Å². The number of benzene rings is 1. The smallest absolute Gasteiger partial charge is 0.344 e. The summed E-state index contributed by atoms with van der Waals surface area (Å²) in [6.07, 6.45) is -0.0817. The number of nitrogens with one attached hydrogen (secondary N) is 1. The molecule has 1 N–H and O–H groups in total. The van der Waals surface area contributed by atoms with Crippen molar-refractivity contribution in [2.75, 3.05) is 26.2 Å². The van der Waals surface area contributed by atoms with Crippen LogP contribution in [0.4, 0.5) is 0 Å². The number of hydrogen-bond donors (Lipinski definition) is 1. The van der Waals surface area contributed by atoms with Crippen molar-refractivity contribution in [1.29, 1.82) is 0 Å². The first-order valence-corrected chi connectivity index (χ1v) is 6.86. The largest absolute Gasteiger partial charge is 0.482 e. The first kappa shape index (κ1) is 15.5. The molecule has 19 heavy (non-hydrogen) atoms. The van der Waals surface area contributed by atoms with E-state index in [9.17, 15) is 4.79 Å². The average molecular weight is 266 g/mol. The molecule has 4 nitrogen and oxygen atoms in total. The zero-order valence-electron chi connectivity index (χ0n) is 12.0. The Hall–Kier alpha value is -1.55. The van der Waals surface area contributed by atoms with Crippen LogP contribution in [0.3, 0.4) is 0 Å². The first-order chi connectivity index (χ1) is 9.15. The number of para-hydroxylation sites is 1. The van der Waals surface area contributed by atoms with Gasteiger partial charge in [-0.2, -0.15) is 0 Å². The van der Waals surface area contributed by atoms with Crippen LogP contribution in [0, 0.1) is 0 Å². The minimum Gasteiger partial charge on any atom is -0.482 e. The third-order valence-electron chi connectivity index (χ3n) is 3.01. The Bertz CT molecular complexity index is 363. The first-order valence-electron chi connectivity index (χ1n) is 6.86. The van der Waals surface area contributed by atoms with Gasteiger partial charge in [0.15, 0.2) is 6.61 Å². The number of hydrogen-bond acceptors (Lipinski definition) is 3. The fourth-order valence-corrected chi connectivity index (χ4v) is 1.90. The van der Waals surface area contributed by atoms with Gasteiger partial charge < -0.3 is 14.4 Å². The molecule has 1 atom stereocenters. The van der Waals surface area contributed by atoms with Gasteiger partial charge in [-0.15, -0.1) is 0 Å². The molecule has 0 amide bonds. The van der Waals surface area contributed by atoms with Gasteiger partial charge in [0.1, 0.15) is 18.4 Å². The third-order valence-corrected chi connectivity index (χ3v) is 3.01. The molecule has 0 unspecified atom stereocenters. The lowest BCUT2D eigenvalue weighted by Crippen LogP contribution is -3.12. The summed E-state index contributed by atoms with van der Waals surface area (Å²) in [7, 11) is 0. The Morgan fingerprint density at radius 2 is 1.84 bits per heavy atom. The summed E-state index contributed by atoms with van der Waals surface area (Å²) in [6.45, 7) is 9.06. The molecule has 0 aromatic heterocycles. The van der Waals surface area contributed by atoms with Crippen LogP contribution < -0.4 is 9.64 Å². The molecule has 1 rings (SSSR count). The summed E-state index contributed by atoms with van der Waals surface area (Å²) in [6, 6.07) is 9.27. The zero-order valence-corrected chi connectivity index (χ0v) is 12.0. The molecule has 4 heteroatoms. The highest BCUT2D eigenvalue weighted by Gasteiger charge is 2.15. The Morgan fingerprint density at radius 3 is 2.42 bits per heavy atom. The second-order valence-electron chi connectivity index (χ2n) is 4.56. The van der Waals surface area contributed by atoms with Gasteiger partial charge in [0.2, 0.25) is 0 Å². The Morgan fingerprint density at radius 1 is 1.21 bits per heavy atom. The van der Waals surface area contributed by atoms with Crippen molar-refractivity contribution in [1.82, 2.24) is 0 Å². The third kappa shape index (κ3) is 6.25. The zero-order chi connectivity index (χ0) is 14.1. The summed E-state index contributed by atoms with van der Waals surface area (Å²) in [5.74, 6) is 0.365. The van der Waals surface area contributed by atoms with E-state index < -0.39 is 0 Å². The molecule has 0 aliphatic heterocycles. The van der Waals surface area contributed by atoms with E-state index in [0.717, 1.165) is 19.6 Å². The van der Waals surface area contributed by atoms with Crippen molar-refractivity contribution in [3.63, 3.8) is 0 Å². The Balaban J connectivity index is 2.27. The Labute approximate surface area is 115 Å². The van der Waals surface area contributed by atoms with Gasteiger partial charge in [0.25, 0.3) is 0 Å². The number of carbonyl (C=O) groups excluding carboxylic acids is 1. The SMILES string of the molecule is CC[NH+](CC)C[C@@H](C)OC(=O)COc1ccccc1. The molecular formula is C15H24NO3+. The van der Waals surface area contributed by atoms with Gasteiger partial charge in [-0.05, 0) is 32.9 Å². The van der Waals surface area contributed by atoms with Gasteiger partial charge in [-0.25, -0.2) is 4.79 Å². The van der Waals surface area contributed by atoms with Crippen LogP contribution in [0.25, 0.3) is 0 Å². The summed E-state index contributed by atoms with van der Waals surface area (Å²) in [4.78, 5) is 13.0. The molecule has 0 aliphatic rings. The van der Waals surface area contributed by atoms with Gasteiger partial charge in [-0.3, -0.25) is 0 Å². The number of rotatable bonds is 8. The van der Waals surface area contributed by atoms with Crippen LogP contribution in [0.1, 0.15) is 20.8 Å². The van der Waals surface area contributed by atoms with Crippen molar-refractivity contribution in [3.05, 3.63) is 30.3 Å². The topological polar surface area (TPSA) is 40.0 Å². The molecule has 0 saturated heterocycles. The van der Waals surface area contributed by atoms with E-state index in [1.165, 1.54) is 4.90 Å². The van der Waals surface area contributed by atoms with Crippen LogP contribution in [-0.4, -0.2) is 38.3 Å². The summed E-state index contributed by atoms with van der Waals surface area (Å²) in [5.41, 5.74) is 0. The summed E-state index contributed by atoms with van der Waals surface area (Å²) in [5, 5.41) is 0. The predicted molar refractivity (Wildman–Crippen MR) is 74.4 cm³/mol. The minimum atomic E-state index is -0.317. The molecular weight excluding hydrogens is 242 g/mol. The highest BCUT2D eigenvalue weighted by Crippen LogP contribution is 2.08. The fourth-order valence-electron chi connectivity index (χ4n) is 1.90. The maximum atomic E-state index is 11.6. The molecule has 0 spiro atoms. The van der Waals surface area contributed by atoms with E-state index in [1.54, 1.807) is 0 Å². The van der Waals surface area contributed by atoms with Crippen LogP contribution in [-0.2, 0) is 9.53 Å². The van der Waals surface area contributed by atoms with Gasteiger partial charge in [-0.1, -0.05) is 18.2 Å². The van der Waals surface area contributed by atoms with E-state index in [1.807, 2.05) is 37.3 Å². The Kier molecular flexibility index (Phi) is 6.97. The summed E-state index contributed by atoms with van der Waals surface area (Å²) >= 11 is 0. The van der Waals surface area contributed by atoms with E-state index in [2.05, 4.69) is 13.8 Å². The van der Waals surface area contributed by atoms with Crippen LogP contribution in [0.15, 0.2) is 30.3 Å². The lowest BCUT2D eigenvalue weighted by molar-refractivity contribution is -0.899. The van der Waals surface area contributed by atoms with Crippen molar-refractivity contribution < 1.29 is 19.2 Å². The summed E-state index contributed by atoms with van der Waals surface area (Å²) < 4.78 is 10.7. The fraction of sp³-hybridized carbons (Fsp3) is 0.533. The molecule has 0 fully saturated rings. The highest BCUT2D eigenvalue weighted by molar-refractivity contribution is 5.71. The maximum absolute atomic E-state index is 11.6. The number of ether oxygens (including phenoxy) is 2. The number of carbonyl (C=O) groups is 1. The molecule has 106 valence electrons. The minimum absolute atomic E-state index is 0.0397. The highest BCUT2D eigenvalue weighted by atomic mass is 16.6. The van der Waals surface area contributed by atoms with Crippen molar-refractivity contribution in [2.45, 2.75) is 26.9 Å². The normalized spacial score (nSPS) is 12.2. The van der Waals surface area contributed by atoms with Crippen molar-refractivity contribution >= 4 is 5.97 Å². The lowest BCUT2D eigenvalue weighted by Gasteiger charge is -2.20. The van der Waals surface area contributed by atoms with Crippen molar-refractivity contribution in [3.8, 4) is 5.75 Å².